The van der Waals surface area contributed by atoms with Crippen molar-refractivity contribution in [1.82, 2.24) is 0 Å². The Balaban J connectivity index is 1.87. The van der Waals surface area contributed by atoms with E-state index in [4.69, 9.17) is 0 Å². The van der Waals surface area contributed by atoms with Gasteiger partial charge in [0.25, 0.3) is 5.69 Å². The predicted octanol–water partition coefficient (Wildman–Crippen LogP) is 3.42. The van der Waals surface area contributed by atoms with E-state index in [1.54, 1.807) is 27.0 Å². The van der Waals surface area contributed by atoms with Crippen molar-refractivity contribution in [3.63, 3.8) is 0 Å². The fraction of sp³-hybridized carbons (Fsp3) is 0.300. The molecule has 0 unspecified atom stereocenters. The van der Waals surface area contributed by atoms with Crippen LogP contribution in [-0.4, -0.2) is 23.8 Å². The summed E-state index contributed by atoms with van der Waals surface area (Å²) in [5.74, 6) is -0.447. The number of nitro groups is 1. The fourth-order valence-electron chi connectivity index (χ4n) is 3.37. The van der Waals surface area contributed by atoms with E-state index in [0.717, 1.165) is 5.56 Å². The number of nitrogens with zero attached hydrogens (tertiary/aromatic N) is 2. The van der Waals surface area contributed by atoms with Gasteiger partial charge in [0, 0.05) is 19.5 Å². The first-order valence-electron chi connectivity index (χ1n) is 8.66. The zero-order chi connectivity index (χ0) is 19.8. The summed E-state index contributed by atoms with van der Waals surface area (Å²) in [6.45, 7) is 3.54. The Hall–Kier alpha value is -3.22. The number of fused-ring (bicyclic) bond motifs is 1. The van der Waals surface area contributed by atoms with Gasteiger partial charge < -0.3 is 10.2 Å². The van der Waals surface area contributed by atoms with Crippen molar-refractivity contribution in [2.75, 3.05) is 17.3 Å². The van der Waals surface area contributed by atoms with Gasteiger partial charge in [0.2, 0.25) is 11.8 Å². The minimum Gasteiger partial charge on any atom is -0.320 e. The van der Waals surface area contributed by atoms with Crippen molar-refractivity contribution in [2.45, 2.75) is 32.1 Å². The minimum absolute atomic E-state index is 0.119. The zero-order valence-electron chi connectivity index (χ0n) is 15.5. The highest BCUT2D eigenvalue weighted by Crippen LogP contribution is 2.45. The molecule has 1 heterocycles. The molecular weight excluding hydrogens is 346 g/mol. The molecule has 7 nitrogen and oxygen atoms in total. The third kappa shape index (κ3) is 3.40. The summed E-state index contributed by atoms with van der Waals surface area (Å²) < 4.78 is 0. The molecule has 0 atom stereocenters. The van der Waals surface area contributed by atoms with E-state index in [1.165, 1.54) is 11.0 Å². The van der Waals surface area contributed by atoms with Gasteiger partial charge in [-0.1, -0.05) is 30.3 Å². The third-order valence-electron chi connectivity index (χ3n) is 4.94. The molecule has 140 valence electrons. The summed E-state index contributed by atoms with van der Waals surface area (Å²) in [6.07, 6.45) is 0.749. The molecular formula is C20H21N3O4. The van der Waals surface area contributed by atoms with Crippen molar-refractivity contribution >= 4 is 28.9 Å². The van der Waals surface area contributed by atoms with Crippen LogP contribution >= 0.6 is 0 Å². The molecule has 1 aliphatic rings. The molecule has 2 aromatic carbocycles. The second-order valence-electron chi connectivity index (χ2n) is 7.17. The highest BCUT2D eigenvalue weighted by Gasteiger charge is 2.43. The van der Waals surface area contributed by atoms with Gasteiger partial charge in [0.15, 0.2) is 0 Å². The average molecular weight is 367 g/mol. The SMILES string of the molecule is CN1C(=O)C(C)(C)c2cc(NC(=O)CCc3ccccc3)c([N+](=O)[O-])cc21. The molecule has 1 aliphatic heterocycles. The van der Waals surface area contributed by atoms with E-state index in [1.807, 2.05) is 30.3 Å². The molecule has 3 rings (SSSR count). The summed E-state index contributed by atoms with van der Waals surface area (Å²) in [5, 5.41) is 14.1. The molecule has 0 saturated carbocycles. The molecule has 0 aromatic heterocycles. The van der Waals surface area contributed by atoms with Crippen molar-refractivity contribution < 1.29 is 14.5 Å². The van der Waals surface area contributed by atoms with Crippen LogP contribution in [0.4, 0.5) is 17.1 Å². The zero-order valence-corrected chi connectivity index (χ0v) is 15.5. The minimum atomic E-state index is -0.803. The first-order valence-corrected chi connectivity index (χ1v) is 8.66. The highest BCUT2D eigenvalue weighted by molar-refractivity contribution is 6.08. The largest absolute Gasteiger partial charge is 0.320 e. The number of nitrogens with one attached hydrogen (secondary N) is 1. The van der Waals surface area contributed by atoms with Gasteiger partial charge in [-0.2, -0.15) is 0 Å². The number of hydrogen-bond acceptors (Lipinski definition) is 4. The van der Waals surface area contributed by atoms with Gasteiger partial charge in [-0.3, -0.25) is 19.7 Å². The van der Waals surface area contributed by atoms with Gasteiger partial charge in [-0.05, 0) is 37.5 Å². The molecule has 7 heteroatoms. The van der Waals surface area contributed by atoms with Crippen LogP contribution in [0.3, 0.4) is 0 Å². The number of carbonyl (C=O) groups excluding carboxylic acids is 2. The number of benzene rings is 2. The van der Waals surface area contributed by atoms with E-state index in [9.17, 15) is 19.7 Å². The maximum Gasteiger partial charge on any atom is 0.294 e. The van der Waals surface area contributed by atoms with Crippen LogP contribution in [0.15, 0.2) is 42.5 Å². The number of anilines is 2. The lowest BCUT2D eigenvalue weighted by Gasteiger charge is -2.16. The van der Waals surface area contributed by atoms with Crippen LogP contribution in [0.5, 0.6) is 0 Å². The van der Waals surface area contributed by atoms with Crippen molar-refractivity contribution in [2.24, 2.45) is 0 Å². The number of aryl methyl sites for hydroxylation is 1. The average Bonchev–Trinajstić information content (AvgIpc) is 2.80. The summed E-state index contributed by atoms with van der Waals surface area (Å²) in [7, 11) is 1.59. The fourth-order valence-corrected chi connectivity index (χ4v) is 3.37. The van der Waals surface area contributed by atoms with Crippen LogP contribution in [0, 0.1) is 10.1 Å². The van der Waals surface area contributed by atoms with Crippen molar-refractivity contribution in [3.8, 4) is 0 Å². The second-order valence-corrected chi connectivity index (χ2v) is 7.17. The van der Waals surface area contributed by atoms with Gasteiger partial charge in [0.05, 0.1) is 16.0 Å². The molecule has 0 aliphatic carbocycles. The molecule has 0 spiro atoms. The Morgan fingerprint density at radius 1 is 1.22 bits per heavy atom. The smallest absolute Gasteiger partial charge is 0.294 e. The van der Waals surface area contributed by atoms with E-state index >= 15 is 0 Å². The predicted molar refractivity (Wildman–Crippen MR) is 103 cm³/mol. The van der Waals surface area contributed by atoms with Crippen LogP contribution in [0.25, 0.3) is 0 Å². The lowest BCUT2D eigenvalue weighted by Crippen LogP contribution is -2.33. The summed E-state index contributed by atoms with van der Waals surface area (Å²) >= 11 is 0. The van der Waals surface area contributed by atoms with E-state index < -0.39 is 10.3 Å². The number of likely N-dealkylation sites (N-methyl/N-ethyl adjacent to an activating group) is 1. The van der Waals surface area contributed by atoms with Gasteiger partial charge in [0.1, 0.15) is 5.69 Å². The van der Waals surface area contributed by atoms with E-state index in [-0.39, 0.29) is 29.6 Å². The summed E-state index contributed by atoms with van der Waals surface area (Å²) in [5.41, 5.74) is 1.28. The quantitative estimate of drug-likeness (QED) is 0.647. The third-order valence-corrected chi connectivity index (χ3v) is 4.94. The van der Waals surface area contributed by atoms with Crippen molar-refractivity contribution in [3.05, 3.63) is 63.7 Å². The van der Waals surface area contributed by atoms with Crippen LogP contribution < -0.4 is 10.2 Å². The number of amides is 2. The highest BCUT2D eigenvalue weighted by atomic mass is 16.6. The second kappa shape index (κ2) is 6.83. The Labute approximate surface area is 157 Å². The molecule has 0 fully saturated rings. The Bertz CT molecular complexity index is 922. The standard InChI is InChI=1S/C20H21N3O4/c1-20(2)14-11-15(17(23(26)27)12-16(14)22(3)19(20)25)21-18(24)10-9-13-7-5-4-6-8-13/h4-8,11-12H,9-10H2,1-3H3,(H,21,24). The number of nitro benzene ring substituents is 1. The maximum atomic E-state index is 12.4. The monoisotopic (exact) mass is 367 g/mol. The Kier molecular flexibility index (Phi) is 4.70. The van der Waals surface area contributed by atoms with Crippen LogP contribution in [0.2, 0.25) is 0 Å². The summed E-state index contributed by atoms with van der Waals surface area (Å²) in [6, 6.07) is 12.5. The van der Waals surface area contributed by atoms with Gasteiger partial charge in [-0.15, -0.1) is 0 Å². The lowest BCUT2D eigenvalue weighted by atomic mass is 9.86. The first kappa shape index (κ1) is 18.6. The van der Waals surface area contributed by atoms with Gasteiger partial charge >= 0.3 is 0 Å². The lowest BCUT2D eigenvalue weighted by molar-refractivity contribution is -0.383. The first-order chi connectivity index (χ1) is 12.7. The number of carbonyl (C=O) groups is 2. The molecule has 1 N–H and O–H groups in total. The molecule has 0 saturated heterocycles. The maximum absolute atomic E-state index is 12.4. The van der Waals surface area contributed by atoms with Gasteiger partial charge in [-0.25, -0.2) is 0 Å². The molecule has 27 heavy (non-hydrogen) atoms. The summed E-state index contributed by atoms with van der Waals surface area (Å²) in [4.78, 5) is 37.1. The van der Waals surface area contributed by atoms with Crippen molar-refractivity contribution in [1.29, 1.82) is 0 Å². The number of hydrogen-bond donors (Lipinski definition) is 1. The van der Waals surface area contributed by atoms with E-state index in [0.29, 0.717) is 17.7 Å². The topological polar surface area (TPSA) is 92.6 Å². The Morgan fingerprint density at radius 3 is 2.52 bits per heavy atom. The molecule has 2 amide bonds. The van der Waals surface area contributed by atoms with Crippen LogP contribution in [-0.2, 0) is 21.4 Å². The molecule has 0 radical (unpaired) electrons. The normalized spacial score (nSPS) is 14.8. The molecule has 2 aromatic rings. The van der Waals surface area contributed by atoms with Crippen LogP contribution in [0.1, 0.15) is 31.4 Å². The Morgan fingerprint density at radius 2 is 1.89 bits per heavy atom. The van der Waals surface area contributed by atoms with E-state index in [2.05, 4.69) is 5.32 Å². The number of rotatable bonds is 5. The molecule has 0 bridgehead atoms.